The highest BCUT2D eigenvalue weighted by molar-refractivity contribution is 5.99. The topological polar surface area (TPSA) is 58.0 Å². The lowest BCUT2D eigenvalue weighted by atomic mass is 9.96. The normalized spacial score (nSPS) is 21.5. The first kappa shape index (κ1) is 14.4. The van der Waals surface area contributed by atoms with Crippen molar-refractivity contribution < 1.29 is 9.28 Å². The van der Waals surface area contributed by atoms with Crippen LogP contribution in [0.25, 0.3) is 11.8 Å². The number of carbonyl (C=O) groups is 1. The summed E-state index contributed by atoms with van der Waals surface area (Å²) >= 11 is 0. The van der Waals surface area contributed by atoms with Gasteiger partial charge in [-0.25, -0.2) is 0 Å². The van der Waals surface area contributed by atoms with Gasteiger partial charge in [-0.2, -0.15) is 4.91 Å². The Hall–Kier alpha value is -2.59. The summed E-state index contributed by atoms with van der Waals surface area (Å²) in [4.78, 5) is 19.9. The predicted octanol–water partition coefficient (Wildman–Crippen LogP) is 3.67. The van der Waals surface area contributed by atoms with Crippen molar-refractivity contribution in [1.82, 2.24) is 0 Å². The molecule has 2 aromatic carbocycles. The van der Waals surface area contributed by atoms with Crippen LogP contribution >= 0.6 is 0 Å². The number of hydrogen-bond acceptors (Lipinski definition) is 3. The van der Waals surface area contributed by atoms with E-state index in [2.05, 4.69) is 55.1 Å². The zero-order valence-corrected chi connectivity index (χ0v) is 12.4. The number of fused-ring (bicyclic) bond motifs is 2. The maximum atomic E-state index is 12.4. The average molecular weight is 293 g/mol. The molecule has 0 aromatic heterocycles. The van der Waals surface area contributed by atoms with Gasteiger partial charge in [-0.05, 0) is 23.8 Å². The number of nitrogens with one attached hydrogen (secondary N) is 1. The van der Waals surface area contributed by atoms with E-state index in [4.69, 9.17) is 4.91 Å². The first-order valence-corrected chi connectivity index (χ1v) is 7.14. The fourth-order valence-corrected chi connectivity index (χ4v) is 3.37. The Morgan fingerprint density at radius 1 is 0.955 bits per heavy atom. The number of quaternary nitrogens is 1. The van der Waals surface area contributed by atoms with Crippen LogP contribution in [0.15, 0.2) is 48.5 Å². The van der Waals surface area contributed by atoms with Crippen LogP contribution < -0.4 is 0 Å². The van der Waals surface area contributed by atoms with Gasteiger partial charge in [0.25, 0.3) is 0 Å². The van der Waals surface area contributed by atoms with E-state index >= 15 is 0 Å². The lowest BCUT2D eigenvalue weighted by Crippen LogP contribution is -2.45. The predicted molar refractivity (Wildman–Crippen MR) is 85.9 cm³/mol. The lowest BCUT2D eigenvalue weighted by Gasteiger charge is -2.37. The molecule has 0 saturated carbocycles. The molecule has 3 bridgehead atoms. The van der Waals surface area contributed by atoms with Gasteiger partial charge in [0, 0.05) is 22.8 Å². The molecule has 2 heterocycles. The SMILES string of the molecule is C[N+]12CC(=O)c3ccc(c(c3)C1)C=C2c1ccccc1.N=O. The summed E-state index contributed by atoms with van der Waals surface area (Å²) in [6.07, 6.45) is 2.25. The van der Waals surface area contributed by atoms with E-state index in [0.29, 0.717) is 11.0 Å². The number of hydrogen-bond donors (Lipinski definition) is 1. The first-order chi connectivity index (χ1) is 10.7. The Morgan fingerprint density at radius 3 is 2.41 bits per heavy atom. The van der Waals surface area contributed by atoms with Crippen molar-refractivity contribution in [3.8, 4) is 0 Å². The van der Waals surface area contributed by atoms with Crippen LogP contribution in [0.5, 0.6) is 0 Å². The van der Waals surface area contributed by atoms with Crippen molar-refractivity contribution in [1.29, 1.82) is 5.59 Å². The number of rotatable bonds is 1. The first-order valence-electron chi connectivity index (χ1n) is 7.14. The maximum Gasteiger partial charge on any atom is 0.217 e. The Labute approximate surface area is 129 Å². The number of Topliss-reactive ketones (excluding diaryl/α,β-unsaturated/α-hetero) is 1. The minimum Gasteiger partial charge on any atom is -0.288 e. The monoisotopic (exact) mass is 293 g/mol. The van der Waals surface area contributed by atoms with E-state index in [-0.39, 0.29) is 5.78 Å². The number of likely N-dealkylation sites (N-methyl/N-ethyl adjacent to an activating group) is 1. The van der Waals surface area contributed by atoms with Crippen LogP contribution in [0.1, 0.15) is 27.0 Å². The van der Waals surface area contributed by atoms with Gasteiger partial charge in [0.15, 0.2) is 0 Å². The van der Waals surface area contributed by atoms with E-state index in [0.717, 1.165) is 12.1 Å². The van der Waals surface area contributed by atoms with Gasteiger partial charge in [-0.1, -0.05) is 35.9 Å². The second kappa shape index (κ2) is 5.31. The molecule has 4 rings (SSSR count). The maximum absolute atomic E-state index is 12.4. The number of nitrogens with zero attached hydrogens (tertiary/aromatic N) is 1. The quantitative estimate of drug-likeness (QED) is 0.644. The van der Waals surface area contributed by atoms with Crippen molar-refractivity contribution >= 4 is 17.6 Å². The number of ketones is 1. The Balaban J connectivity index is 0.000000693. The largest absolute Gasteiger partial charge is 0.288 e. The zero-order chi connectivity index (χ0) is 15.7. The highest BCUT2D eigenvalue weighted by Crippen LogP contribution is 2.38. The molecule has 0 aliphatic carbocycles. The van der Waals surface area contributed by atoms with E-state index in [1.807, 2.05) is 12.1 Å². The smallest absolute Gasteiger partial charge is 0.217 e. The van der Waals surface area contributed by atoms with Gasteiger partial charge >= 0.3 is 0 Å². The highest BCUT2D eigenvalue weighted by Gasteiger charge is 2.38. The molecule has 110 valence electrons. The Morgan fingerprint density at radius 2 is 1.68 bits per heavy atom. The minimum absolute atomic E-state index is 0.238. The lowest BCUT2D eigenvalue weighted by molar-refractivity contribution is -0.844. The second-order valence-electron chi connectivity index (χ2n) is 5.94. The van der Waals surface area contributed by atoms with Crippen molar-refractivity contribution in [2.75, 3.05) is 13.6 Å². The molecule has 4 heteroatoms. The third kappa shape index (κ3) is 2.18. The minimum atomic E-state index is 0.238. The third-order valence-corrected chi connectivity index (χ3v) is 4.42. The van der Waals surface area contributed by atoms with Crippen molar-refractivity contribution in [2.45, 2.75) is 6.54 Å². The number of nitroso groups, excluding NO2 is 1. The fraction of sp³-hybridized carbons (Fsp3) is 0.167. The van der Waals surface area contributed by atoms with E-state index in [9.17, 15) is 4.79 Å². The van der Waals surface area contributed by atoms with E-state index in [1.165, 1.54) is 22.4 Å². The molecule has 1 atom stereocenters. The standard InChI is InChI=1S/C18H16NO.HNO/c1-19-11-16-9-15(18(20)12-19)8-7-14(16)10-17(19)13-5-3-2-4-6-13;1-2/h2-10H,11-12H2,1H3;1H/q+1;. The third-order valence-electron chi connectivity index (χ3n) is 4.42. The van der Waals surface area contributed by atoms with Gasteiger partial charge in [-0.15, -0.1) is 0 Å². The second-order valence-corrected chi connectivity index (χ2v) is 5.94. The fourth-order valence-electron chi connectivity index (χ4n) is 3.37. The van der Waals surface area contributed by atoms with Crippen LogP contribution in [0.3, 0.4) is 0 Å². The summed E-state index contributed by atoms with van der Waals surface area (Å²) < 4.78 is 0.670. The van der Waals surface area contributed by atoms with Crippen molar-refractivity contribution in [3.05, 3.63) is 75.7 Å². The summed E-state index contributed by atoms with van der Waals surface area (Å²) in [6.45, 7) is 1.43. The molecule has 1 unspecified atom stereocenters. The average Bonchev–Trinajstić information content (AvgIpc) is 2.59. The van der Waals surface area contributed by atoms with Gasteiger partial charge < -0.3 is 0 Å². The molecule has 1 N–H and O–H groups in total. The van der Waals surface area contributed by atoms with Crippen LogP contribution in [0, 0.1) is 10.5 Å². The summed E-state index contributed by atoms with van der Waals surface area (Å²) in [6, 6.07) is 16.5. The molecule has 2 aromatic rings. The van der Waals surface area contributed by atoms with Crippen LogP contribution in [0.2, 0.25) is 0 Å². The summed E-state index contributed by atoms with van der Waals surface area (Å²) in [7, 11) is 2.16. The van der Waals surface area contributed by atoms with Crippen LogP contribution in [-0.4, -0.2) is 23.9 Å². The molecule has 4 nitrogen and oxygen atoms in total. The van der Waals surface area contributed by atoms with Gasteiger partial charge in [0.05, 0.1) is 7.05 Å². The molecular weight excluding hydrogens is 276 g/mol. The van der Waals surface area contributed by atoms with Gasteiger partial charge in [-0.3, -0.25) is 9.28 Å². The Bertz CT molecular complexity index is 768. The van der Waals surface area contributed by atoms with Crippen LogP contribution in [-0.2, 0) is 6.54 Å². The van der Waals surface area contributed by atoms with Crippen molar-refractivity contribution in [2.24, 2.45) is 0 Å². The molecule has 2 aliphatic heterocycles. The van der Waals surface area contributed by atoms with Crippen molar-refractivity contribution in [3.63, 3.8) is 0 Å². The summed E-state index contributed by atoms with van der Waals surface area (Å²) in [5.41, 5.74) is 10.3. The zero-order valence-electron chi connectivity index (χ0n) is 12.4. The Kier molecular flexibility index (Phi) is 3.47. The molecule has 0 spiro atoms. The van der Waals surface area contributed by atoms with E-state index < -0.39 is 0 Å². The number of carbonyl (C=O) groups excluding carboxylic acids is 1. The summed E-state index contributed by atoms with van der Waals surface area (Å²) in [5.74, 6) is 0.238. The highest BCUT2D eigenvalue weighted by atomic mass is 16.2. The molecule has 0 saturated heterocycles. The van der Waals surface area contributed by atoms with E-state index in [1.54, 1.807) is 0 Å². The molecule has 2 aliphatic rings. The summed E-state index contributed by atoms with van der Waals surface area (Å²) in [5, 5.41) is 0. The molecule has 22 heavy (non-hydrogen) atoms. The molecule has 0 radical (unpaired) electrons. The molecular formula is C18H17N2O2+. The van der Waals surface area contributed by atoms with Gasteiger partial charge in [0.2, 0.25) is 5.78 Å². The molecule has 0 fully saturated rings. The number of benzene rings is 2. The van der Waals surface area contributed by atoms with Crippen LogP contribution in [0.4, 0.5) is 0 Å². The van der Waals surface area contributed by atoms with Gasteiger partial charge in [0.1, 0.15) is 18.8 Å². The molecule has 0 amide bonds.